The molecule has 7 nitrogen and oxygen atoms in total. The van der Waals surface area contributed by atoms with Gasteiger partial charge in [0.1, 0.15) is 0 Å². The highest BCUT2D eigenvalue weighted by Crippen LogP contribution is 2.13. The fraction of sp³-hybridized carbons (Fsp3) is 0.556. The van der Waals surface area contributed by atoms with E-state index in [9.17, 15) is 0 Å². The van der Waals surface area contributed by atoms with Crippen molar-refractivity contribution in [2.24, 2.45) is 0 Å². The fourth-order valence-electron chi connectivity index (χ4n) is 1.95. The van der Waals surface area contributed by atoms with E-state index in [0.29, 0.717) is 5.65 Å². The fourth-order valence-corrected chi connectivity index (χ4v) is 1.95. The lowest BCUT2D eigenvalue weighted by atomic mass is 10.4. The molecule has 16 heavy (non-hydrogen) atoms. The van der Waals surface area contributed by atoms with Crippen molar-refractivity contribution < 1.29 is 0 Å². The Kier molecular flexibility index (Phi) is 2.37. The Labute approximate surface area is 92.5 Å². The maximum absolute atomic E-state index is 4.17. The van der Waals surface area contributed by atoms with Gasteiger partial charge in [-0.3, -0.25) is 4.98 Å². The van der Waals surface area contributed by atoms with Crippen LogP contribution < -0.4 is 10.2 Å². The Morgan fingerprint density at radius 3 is 3.19 bits per heavy atom. The van der Waals surface area contributed by atoms with Crippen molar-refractivity contribution in [3.8, 4) is 0 Å². The standard InChI is InChI=1S/C9H13N7/c1-2-10-3-5-15(4-1)9-7-11-6-8-12-13-14-16(8)9/h6-7,10H,1-5H2. The van der Waals surface area contributed by atoms with E-state index in [2.05, 4.69) is 30.7 Å². The number of tetrazole rings is 1. The third-order valence-electron chi connectivity index (χ3n) is 2.75. The van der Waals surface area contributed by atoms with E-state index < -0.39 is 0 Å². The van der Waals surface area contributed by atoms with Crippen molar-refractivity contribution in [2.45, 2.75) is 6.42 Å². The smallest absolute Gasteiger partial charge is 0.199 e. The van der Waals surface area contributed by atoms with Gasteiger partial charge in [0.15, 0.2) is 11.5 Å². The second-order valence-electron chi connectivity index (χ2n) is 3.80. The van der Waals surface area contributed by atoms with Gasteiger partial charge in [-0.05, 0) is 23.4 Å². The molecule has 84 valence electrons. The quantitative estimate of drug-likeness (QED) is 0.685. The molecule has 7 heteroatoms. The zero-order chi connectivity index (χ0) is 10.8. The SMILES string of the molecule is c1ncc2nnnn2c1N1CCCNCC1. The Hall–Kier alpha value is -1.76. The van der Waals surface area contributed by atoms with E-state index in [-0.39, 0.29) is 0 Å². The van der Waals surface area contributed by atoms with Crippen LogP contribution in [0.15, 0.2) is 12.4 Å². The molecule has 3 heterocycles. The molecule has 1 fully saturated rings. The maximum atomic E-state index is 4.17. The van der Waals surface area contributed by atoms with Gasteiger partial charge in [-0.1, -0.05) is 0 Å². The van der Waals surface area contributed by atoms with E-state index >= 15 is 0 Å². The third-order valence-corrected chi connectivity index (χ3v) is 2.75. The molecule has 0 bridgehead atoms. The van der Waals surface area contributed by atoms with E-state index in [1.165, 1.54) is 0 Å². The van der Waals surface area contributed by atoms with Crippen LogP contribution in [0.5, 0.6) is 0 Å². The Balaban J connectivity index is 2.00. The van der Waals surface area contributed by atoms with Gasteiger partial charge >= 0.3 is 0 Å². The number of rotatable bonds is 1. The zero-order valence-electron chi connectivity index (χ0n) is 8.87. The van der Waals surface area contributed by atoms with Crippen molar-refractivity contribution >= 4 is 11.5 Å². The third kappa shape index (κ3) is 1.58. The van der Waals surface area contributed by atoms with Crippen molar-refractivity contribution in [3.63, 3.8) is 0 Å². The minimum Gasteiger partial charge on any atom is -0.354 e. The Morgan fingerprint density at radius 1 is 1.19 bits per heavy atom. The molecule has 2 aromatic rings. The summed E-state index contributed by atoms with van der Waals surface area (Å²) >= 11 is 0. The minimum atomic E-state index is 0.690. The largest absolute Gasteiger partial charge is 0.354 e. The van der Waals surface area contributed by atoms with Gasteiger partial charge in [-0.15, -0.1) is 5.10 Å². The predicted molar refractivity (Wildman–Crippen MR) is 58.3 cm³/mol. The second kappa shape index (κ2) is 4.01. The topological polar surface area (TPSA) is 71.2 Å². The van der Waals surface area contributed by atoms with Gasteiger partial charge in [0.25, 0.3) is 0 Å². The maximum Gasteiger partial charge on any atom is 0.199 e. The molecule has 1 saturated heterocycles. The summed E-state index contributed by atoms with van der Waals surface area (Å²) in [6.07, 6.45) is 4.60. The van der Waals surface area contributed by atoms with Crippen LogP contribution in [0.25, 0.3) is 5.65 Å². The zero-order valence-corrected chi connectivity index (χ0v) is 8.87. The highest BCUT2D eigenvalue weighted by atomic mass is 15.5. The Morgan fingerprint density at radius 2 is 2.19 bits per heavy atom. The molecular weight excluding hydrogens is 206 g/mol. The van der Waals surface area contributed by atoms with E-state index in [4.69, 9.17) is 0 Å². The summed E-state index contributed by atoms with van der Waals surface area (Å²) in [5.74, 6) is 0.964. The summed E-state index contributed by atoms with van der Waals surface area (Å²) < 4.78 is 1.73. The van der Waals surface area contributed by atoms with Crippen LogP contribution in [0, 0.1) is 0 Å². The van der Waals surface area contributed by atoms with Crippen molar-refractivity contribution in [2.75, 3.05) is 31.1 Å². The van der Waals surface area contributed by atoms with Crippen LogP contribution in [0.4, 0.5) is 5.82 Å². The molecule has 0 radical (unpaired) electrons. The molecule has 0 spiro atoms. The minimum absolute atomic E-state index is 0.690. The lowest BCUT2D eigenvalue weighted by Gasteiger charge is -2.21. The summed E-state index contributed by atoms with van der Waals surface area (Å²) in [7, 11) is 0. The second-order valence-corrected chi connectivity index (χ2v) is 3.80. The van der Waals surface area contributed by atoms with E-state index in [1.807, 2.05) is 6.20 Å². The number of fused-ring (bicyclic) bond motifs is 1. The molecule has 0 aromatic carbocycles. The van der Waals surface area contributed by atoms with Crippen LogP contribution in [0.1, 0.15) is 6.42 Å². The molecule has 3 rings (SSSR count). The van der Waals surface area contributed by atoms with Gasteiger partial charge in [-0.25, -0.2) is 0 Å². The van der Waals surface area contributed by atoms with Crippen LogP contribution >= 0.6 is 0 Å². The molecule has 0 unspecified atom stereocenters. The molecule has 2 aromatic heterocycles. The molecule has 1 N–H and O–H groups in total. The number of nitrogens with zero attached hydrogens (tertiary/aromatic N) is 6. The summed E-state index contributed by atoms with van der Waals surface area (Å²) in [5, 5.41) is 14.9. The lowest BCUT2D eigenvalue weighted by Crippen LogP contribution is -2.29. The number of anilines is 1. The Bertz CT molecular complexity index is 471. The monoisotopic (exact) mass is 219 g/mol. The molecule has 0 saturated carbocycles. The average molecular weight is 219 g/mol. The van der Waals surface area contributed by atoms with Gasteiger partial charge < -0.3 is 10.2 Å². The average Bonchev–Trinajstić information content (AvgIpc) is 2.63. The van der Waals surface area contributed by atoms with E-state index in [1.54, 1.807) is 10.7 Å². The van der Waals surface area contributed by atoms with Crippen LogP contribution in [0.2, 0.25) is 0 Å². The van der Waals surface area contributed by atoms with Crippen molar-refractivity contribution in [1.82, 2.24) is 30.3 Å². The first-order valence-electron chi connectivity index (χ1n) is 5.43. The van der Waals surface area contributed by atoms with Gasteiger partial charge in [0.05, 0.1) is 12.4 Å². The highest BCUT2D eigenvalue weighted by molar-refractivity contribution is 5.46. The predicted octanol–water partition coefficient (Wildman–Crippen LogP) is -0.681. The summed E-state index contributed by atoms with van der Waals surface area (Å²) in [6, 6.07) is 0. The van der Waals surface area contributed by atoms with Crippen LogP contribution in [0.3, 0.4) is 0 Å². The first-order chi connectivity index (χ1) is 7.95. The van der Waals surface area contributed by atoms with E-state index in [0.717, 1.165) is 38.4 Å². The van der Waals surface area contributed by atoms with Gasteiger partial charge in [0, 0.05) is 19.6 Å². The summed E-state index contributed by atoms with van der Waals surface area (Å²) in [6.45, 7) is 4.02. The van der Waals surface area contributed by atoms with Crippen LogP contribution in [-0.4, -0.2) is 51.2 Å². The normalized spacial score (nSPS) is 17.6. The van der Waals surface area contributed by atoms with Crippen molar-refractivity contribution in [3.05, 3.63) is 12.4 Å². The first kappa shape index (κ1) is 9.46. The molecular formula is C9H13N7. The molecule has 0 atom stereocenters. The van der Waals surface area contributed by atoms with Gasteiger partial charge in [-0.2, -0.15) is 4.52 Å². The molecule has 1 aliphatic heterocycles. The number of hydrogen-bond donors (Lipinski definition) is 1. The molecule has 1 aliphatic rings. The summed E-state index contributed by atoms with van der Waals surface area (Å²) in [5.41, 5.74) is 0.690. The van der Waals surface area contributed by atoms with Crippen molar-refractivity contribution in [1.29, 1.82) is 0 Å². The number of aromatic nitrogens is 5. The highest BCUT2D eigenvalue weighted by Gasteiger charge is 2.13. The molecule has 0 aliphatic carbocycles. The first-order valence-corrected chi connectivity index (χ1v) is 5.43. The van der Waals surface area contributed by atoms with Crippen LogP contribution in [-0.2, 0) is 0 Å². The molecule has 0 amide bonds. The summed E-state index contributed by atoms with van der Waals surface area (Å²) in [4.78, 5) is 6.43. The number of hydrogen-bond acceptors (Lipinski definition) is 6. The number of nitrogens with one attached hydrogen (secondary N) is 1. The van der Waals surface area contributed by atoms with Gasteiger partial charge in [0.2, 0.25) is 0 Å². The lowest BCUT2D eigenvalue weighted by molar-refractivity contribution is 0.724.